The molecule has 1 aromatic heterocycles. The van der Waals surface area contributed by atoms with E-state index in [-0.39, 0.29) is 24.8 Å². The molecule has 0 spiro atoms. The number of nitrogens with one attached hydrogen (secondary N) is 3. The van der Waals surface area contributed by atoms with Crippen LogP contribution in [0.2, 0.25) is 0 Å². The third-order valence-electron chi connectivity index (χ3n) is 6.03. The second-order valence-electron chi connectivity index (χ2n) is 7.88. The third kappa shape index (κ3) is 3.27. The van der Waals surface area contributed by atoms with Crippen molar-refractivity contribution < 1.29 is 19.2 Å². The Morgan fingerprint density at radius 2 is 1.94 bits per heavy atom. The minimum Gasteiger partial charge on any atom is -0.370 e. The van der Waals surface area contributed by atoms with E-state index >= 15 is 0 Å². The first kappa shape index (κ1) is 19.4. The zero-order chi connectivity index (χ0) is 21.5. The first-order valence-electron chi connectivity index (χ1n) is 10.3. The summed E-state index contributed by atoms with van der Waals surface area (Å²) in [7, 11) is 0. The van der Waals surface area contributed by atoms with Gasteiger partial charge in [0.05, 0.1) is 11.1 Å². The molecule has 2 unspecified atom stereocenters. The van der Waals surface area contributed by atoms with Gasteiger partial charge in [-0.15, -0.1) is 0 Å². The summed E-state index contributed by atoms with van der Waals surface area (Å²) in [5.41, 5.74) is 2.38. The van der Waals surface area contributed by atoms with Gasteiger partial charge < -0.3 is 10.6 Å². The van der Waals surface area contributed by atoms with Crippen LogP contribution in [-0.4, -0.2) is 46.1 Å². The number of aromatic nitrogens is 1. The number of nitrogens with zero attached hydrogens (tertiary/aromatic N) is 2. The van der Waals surface area contributed by atoms with Crippen LogP contribution in [0.4, 0.5) is 5.82 Å². The second-order valence-corrected chi connectivity index (χ2v) is 7.88. The molecule has 3 N–H and O–H groups in total. The van der Waals surface area contributed by atoms with E-state index in [0.29, 0.717) is 23.2 Å². The molecule has 0 saturated carbocycles. The van der Waals surface area contributed by atoms with Gasteiger partial charge in [-0.05, 0) is 30.5 Å². The predicted octanol–water partition coefficient (Wildman–Crippen LogP) is 1.13. The van der Waals surface area contributed by atoms with Crippen LogP contribution >= 0.6 is 0 Å². The Morgan fingerprint density at radius 1 is 1.06 bits per heavy atom. The number of anilines is 1. The molecule has 31 heavy (non-hydrogen) atoms. The van der Waals surface area contributed by atoms with E-state index in [9.17, 15) is 19.2 Å². The van der Waals surface area contributed by atoms with Crippen LogP contribution < -0.4 is 16.0 Å². The maximum Gasteiger partial charge on any atom is 0.262 e. The highest BCUT2D eigenvalue weighted by atomic mass is 16.2. The summed E-state index contributed by atoms with van der Waals surface area (Å²) in [5.74, 6) is -1.13. The molecule has 158 valence electrons. The van der Waals surface area contributed by atoms with Gasteiger partial charge in [0.25, 0.3) is 11.8 Å². The van der Waals surface area contributed by atoms with Gasteiger partial charge in [-0.3, -0.25) is 29.4 Å². The summed E-state index contributed by atoms with van der Waals surface area (Å²) in [6, 6.07) is 8.17. The summed E-state index contributed by atoms with van der Waals surface area (Å²) in [4.78, 5) is 55.2. The van der Waals surface area contributed by atoms with Crippen LogP contribution in [0.1, 0.15) is 57.1 Å². The van der Waals surface area contributed by atoms with Gasteiger partial charge in [0.1, 0.15) is 11.9 Å². The number of carbonyl (C=O) groups excluding carboxylic acids is 4. The summed E-state index contributed by atoms with van der Waals surface area (Å²) >= 11 is 0. The molecule has 0 aliphatic carbocycles. The molecular weight excluding hydrogens is 398 g/mol. The Balaban J connectivity index is 1.39. The van der Waals surface area contributed by atoms with Crippen LogP contribution in [0.15, 0.2) is 36.5 Å². The van der Waals surface area contributed by atoms with Gasteiger partial charge in [0.15, 0.2) is 0 Å². The number of fused-ring (bicyclic) bond motifs is 2. The molecule has 1 saturated heterocycles. The zero-order valence-electron chi connectivity index (χ0n) is 16.7. The Hall–Kier alpha value is -3.59. The van der Waals surface area contributed by atoms with Gasteiger partial charge in [-0.25, -0.2) is 4.98 Å². The van der Waals surface area contributed by atoms with Crippen molar-refractivity contribution in [1.29, 1.82) is 0 Å². The summed E-state index contributed by atoms with van der Waals surface area (Å²) in [6.07, 6.45) is 2.85. The second kappa shape index (κ2) is 7.59. The lowest BCUT2D eigenvalue weighted by Crippen LogP contribution is -2.54. The molecule has 1 aromatic carbocycles. The average Bonchev–Trinajstić information content (AvgIpc) is 3.03. The third-order valence-corrected chi connectivity index (χ3v) is 6.03. The van der Waals surface area contributed by atoms with Gasteiger partial charge in [0, 0.05) is 37.3 Å². The highest BCUT2D eigenvalue weighted by Crippen LogP contribution is 2.31. The topological polar surface area (TPSA) is 120 Å². The van der Waals surface area contributed by atoms with Crippen LogP contribution in [0.25, 0.3) is 0 Å². The largest absolute Gasteiger partial charge is 0.370 e. The number of hydrogen-bond acceptors (Lipinski definition) is 7. The molecule has 0 radical (unpaired) electrons. The van der Waals surface area contributed by atoms with Gasteiger partial charge in [-0.2, -0.15) is 0 Å². The number of pyridine rings is 1. The molecule has 2 atom stereocenters. The van der Waals surface area contributed by atoms with Gasteiger partial charge in [0.2, 0.25) is 11.8 Å². The maximum atomic E-state index is 13.2. The number of amides is 4. The predicted molar refractivity (Wildman–Crippen MR) is 110 cm³/mol. The number of benzene rings is 1. The fourth-order valence-corrected chi connectivity index (χ4v) is 4.51. The lowest BCUT2D eigenvalue weighted by molar-refractivity contribution is -0.136. The van der Waals surface area contributed by atoms with Crippen LogP contribution in [-0.2, 0) is 16.1 Å². The normalized spacial score (nSPS) is 22.6. The van der Waals surface area contributed by atoms with Crippen molar-refractivity contribution >= 4 is 29.4 Å². The van der Waals surface area contributed by atoms with Crippen molar-refractivity contribution in [2.24, 2.45) is 0 Å². The van der Waals surface area contributed by atoms with Crippen LogP contribution in [0.3, 0.4) is 0 Å². The minimum absolute atomic E-state index is 0.0688. The van der Waals surface area contributed by atoms with Crippen molar-refractivity contribution in [2.45, 2.75) is 37.9 Å². The molecular formula is C22H21N5O4. The maximum absolute atomic E-state index is 13.2. The Labute approximate surface area is 178 Å². The smallest absolute Gasteiger partial charge is 0.262 e. The first-order chi connectivity index (χ1) is 15.0. The molecule has 2 aromatic rings. The van der Waals surface area contributed by atoms with Gasteiger partial charge in [-0.1, -0.05) is 18.2 Å². The van der Waals surface area contributed by atoms with Crippen molar-refractivity contribution in [3.05, 3.63) is 58.8 Å². The van der Waals surface area contributed by atoms with E-state index < -0.39 is 23.8 Å². The van der Waals surface area contributed by atoms with Crippen LogP contribution in [0.5, 0.6) is 0 Å². The van der Waals surface area contributed by atoms with Crippen LogP contribution in [0, 0.1) is 0 Å². The molecule has 3 aliphatic heterocycles. The van der Waals surface area contributed by atoms with Crippen molar-refractivity contribution in [1.82, 2.24) is 20.5 Å². The quantitative estimate of drug-likeness (QED) is 0.636. The number of imide groups is 2. The lowest BCUT2D eigenvalue weighted by Gasteiger charge is -2.28. The number of rotatable bonds is 4. The van der Waals surface area contributed by atoms with E-state index in [0.717, 1.165) is 29.2 Å². The molecule has 9 nitrogen and oxygen atoms in total. The molecule has 1 fully saturated rings. The Bertz CT molecular complexity index is 1110. The molecule has 4 amide bonds. The van der Waals surface area contributed by atoms with Gasteiger partial charge >= 0.3 is 0 Å². The molecule has 3 aliphatic rings. The lowest BCUT2D eigenvalue weighted by atomic mass is 9.99. The average molecular weight is 419 g/mol. The Morgan fingerprint density at radius 3 is 2.77 bits per heavy atom. The fraction of sp³-hybridized carbons (Fsp3) is 0.318. The number of hydrogen-bond donors (Lipinski definition) is 3. The van der Waals surface area contributed by atoms with E-state index in [4.69, 9.17) is 0 Å². The van der Waals surface area contributed by atoms with Crippen molar-refractivity contribution in [3.8, 4) is 0 Å². The highest BCUT2D eigenvalue weighted by molar-refractivity contribution is 6.24. The number of piperidine rings is 1. The molecule has 9 heteroatoms. The van der Waals surface area contributed by atoms with E-state index in [1.165, 1.54) is 0 Å². The van der Waals surface area contributed by atoms with E-state index in [2.05, 4.69) is 20.9 Å². The molecule has 5 rings (SSSR count). The minimum atomic E-state index is -0.965. The summed E-state index contributed by atoms with van der Waals surface area (Å²) in [5, 5.41) is 8.98. The summed E-state index contributed by atoms with van der Waals surface area (Å²) < 4.78 is 0. The van der Waals surface area contributed by atoms with Crippen molar-refractivity contribution in [2.75, 3.05) is 11.9 Å². The van der Waals surface area contributed by atoms with E-state index in [1.807, 2.05) is 18.2 Å². The molecule has 0 bridgehead atoms. The summed E-state index contributed by atoms with van der Waals surface area (Å²) in [6.45, 7) is 1.18. The van der Waals surface area contributed by atoms with Crippen molar-refractivity contribution in [3.63, 3.8) is 0 Å². The highest BCUT2D eigenvalue weighted by Gasteiger charge is 2.45. The SMILES string of the molecule is O=C1CCC(N2C(=O)c3cccc(CNC4CCNc5ncccc54)c3C2=O)C(=O)N1. The zero-order valence-corrected chi connectivity index (χ0v) is 16.7. The van der Waals surface area contributed by atoms with E-state index in [1.54, 1.807) is 18.3 Å². The monoisotopic (exact) mass is 419 g/mol. The number of carbonyl (C=O) groups is 4. The standard InChI is InChI=1S/C22H21N5O4/c28-17-7-6-16(20(29)26-17)27-21(30)14-4-1-3-12(18(14)22(27)31)11-25-15-8-10-24-19-13(15)5-2-9-23-19/h1-5,9,15-16,25H,6-8,10-11H2,(H,23,24)(H,26,28,29). The first-order valence-corrected chi connectivity index (χ1v) is 10.3. The molecule has 4 heterocycles. The fourth-order valence-electron chi connectivity index (χ4n) is 4.51. The Kier molecular flexibility index (Phi) is 4.74.